The lowest BCUT2D eigenvalue weighted by Crippen LogP contribution is -2.21. The monoisotopic (exact) mass is 220 g/mol. The van der Waals surface area contributed by atoms with Crippen LogP contribution in [0.5, 0.6) is 0 Å². The van der Waals surface area contributed by atoms with Crippen LogP contribution in [-0.2, 0) is 6.54 Å². The molecule has 80 valence electrons. The zero-order valence-corrected chi connectivity index (χ0v) is 9.90. The van der Waals surface area contributed by atoms with Crippen molar-refractivity contribution in [2.24, 2.45) is 0 Å². The molecule has 3 N–H and O–H groups in total. The Labute approximate surface area is 94.1 Å². The predicted molar refractivity (Wildman–Crippen MR) is 68.2 cm³/mol. The highest BCUT2D eigenvalue weighted by atomic mass is 32.1. The Morgan fingerprint density at radius 1 is 1.40 bits per heavy atom. The van der Waals surface area contributed by atoms with Gasteiger partial charge in [-0.25, -0.2) is 0 Å². The summed E-state index contributed by atoms with van der Waals surface area (Å²) in [6.45, 7) is 5.24. The summed E-state index contributed by atoms with van der Waals surface area (Å²) in [5.74, 6) is 0. The van der Waals surface area contributed by atoms with Gasteiger partial charge in [0.2, 0.25) is 0 Å². The van der Waals surface area contributed by atoms with Crippen molar-refractivity contribution in [2.45, 2.75) is 26.4 Å². The molecule has 0 radical (unpaired) electrons. The van der Waals surface area contributed by atoms with E-state index in [0.29, 0.717) is 6.04 Å². The van der Waals surface area contributed by atoms with Gasteiger partial charge in [0, 0.05) is 33.2 Å². The van der Waals surface area contributed by atoms with Crippen LogP contribution in [-0.4, -0.2) is 6.04 Å². The summed E-state index contributed by atoms with van der Waals surface area (Å²) in [5.41, 5.74) is 6.79. The zero-order chi connectivity index (χ0) is 10.8. The maximum Gasteiger partial charge on any atom is 0.0402 e. The molecule has 0 amide bonds. The van der Waals surface area contributed by atoms with Crippen molar-refractivity contribution in [3.8, 4) is 0 Å². The van der Waals surface area contributed by atoms with Crippen molar-refractivity contribution in [2.75, 3.05) is 5.73 Å². The highest BCUT2D eigenvalue weighted by Crippen LogP contribution is 2.29. The fraction of sp³-hybridized carbons (Fsp3) is 0.333. The Balaban J connectivity index is 2.27. The molecule has 0 aliphatic rings. The van der Waals surface area contributed by atoms with E-state index in [1.165, 1.54) is 15.0 Å². The number of benzene rings is 1. The number of nitrogens with one attached hydrogen (secondary N) is 1. The number of anilines is 1. The topological polar surface area (TPSA) is 38.0 Å². The van der Waals surface area contributed by atoms with Gasteiger partial charge in [0.25, 0.3) is 0 Å². The number of nitrogens with two attached hydrogens (primary N) is 1. The van der Waals surface area contributed by atoms with Crippen LogP contribution in [0.1, 0.15) is 18.7 Å². The third kappa shape index (κ3) is 2.30. The molecule has 0 saturated heterocycles. The van der Waals surface area contributed by atoms with Crippen molar-refractivity contribution < 1.29 is 0 Å². The Kier molecular flexibility index (Phi) is 2.93. The van der Waals surface area contributed by atoms with E-state index in [-0.39, 0.29) is 0 Å². The van der Waals surface area contributed by atoms with Gasteiger partial charge in [0.05, 0.1) is 0 Å². The summed E-state index contributed by atoms with van der Waals surface area (Å²) in [6.07, 6.45) is 0. The van der Waals surface area contributed by atoms with Crippen LogP contribution in [0.25, 0.3) is 10.1 Å². The van der Waals surface area contributed by atoms with Crippen molar-refractivity contribution in [1.82, 2.24) is 5.32 Å². The molecular weight excluding hydrogens is 204 g/mol. The number of nitrogen functional groups attached to an aromatic ring is 1. The smallest absolute Gasteiger partial charge is 0.0402 e. The van der Waals surface area contributed by atoms with Gasteiger partial charge in [-0.3, -0.25) is 0 Å². The van der Waals surface area contributed by atoms with E-state index in [1.807, 2.05) is 23.5 Å². The zero-order valence-electron chi connectivity index (χ0n) is 9.08. The standard InChI is InChI=1S/C12H16N2S/c1-8(2)14-7-9-6-10-11(13)4-3-5-12(10)15-9/h3-6,8,14H,7,13H2,1-2H3. The first-order valence-electron chi connectivity index (χ1n) is 5.17. The second-order valence-corrected chi connectivity index (χ2v) is 5.18. The lowest BCUT2D eigenvalue weighted by atomic mass is 10.2. The minimum absolute atomic E-state index is 0.521. The molecular formula is C12H16N2S. The van der Waals surface area contributed by atoms with Gasteiger partial charge in [-0.2, -0.15) is 0 Å². The van der Waals surface area contributed by atoms with Crippen LogP contribution in [0.3, 0.4) is 0 Å². The molecule has 2 rings (SSSR count). The predicted octanol–water partition coefficient (Wildman–Crippen LogP) is 2.98. The molecule has 0 aliphatic carbocycles. The van der Waals surface area contributed by atoms with Crippen LogP contribution in [0, 0.1) is 0 Å². The minimum Gasteiger partial charge on any atom is -0.398 e. The van der Waals surface area contributed by atoms with Gasteiger partial charge in [-0.15, -0.1) is 11.3 Å². The lowest BCUT2D eigenvalue weighted by Gasteiger charge is -2.04. The van der Waals surface area contributed by atoms with E-state index in [1.54, 1.807) is 0 Å². The normalized spacial score (nSPS) is 11.4. The number of hydrogen-bond acceptors (Lipinski definition) is 3. The summed E-state index contributed by atoms with van der Waals surface area (Å²) in [4.78, 5) is 1.34. The van der Waals surface area contributed by atoms with E-state index >= 15 is 0 Å². The Hall–Kier alpha value is -1.06. The molecule has 2 nitrogen and oxygen atoms in total. The summed E-state index contributed by atoms with van der Waals surface area (Å²) >= 11 is 1.81. The van der Waals surface area contributed by atoms with Gasteiger partial charge in [-0.05, 0) is 18.2 Å². The highest BCUT2D eigenvalue weighted by molar-refractivity contribution is 7.19. The van der Waals surface area contributed by atoms with Crippen LogP contribution in [0.4, 0.5) is 5.69 Å². The third-order valence-electron chi connectivity index (χ3n) is 2.33. The average molecular weight is 220 g/mol. The third-order valence-corrected chi connectivity index (χ3v) is 3.43. The van der Waals surface area contributed by atoms with Crippen molar-refractivity contribution in [3.05, 3.63) is 29.1 Å². The SMILES string of the molecule is CC(C)NCc1cc2c(N)cccc2s1. The summed E-state index contributed by atoms with van der Waals surface area (Å²) in [6, 6.07) is 8.79. The van der Waals surface area contributed by atoms with Crippen LogP contribution in [0.2, 0.25) is 0 Å². The first-order valence-corrected chi connectivity index (χ1v) is 5.99. The molecule has 3 heteroatoms. The highest BCUT2D eigenvalue weighted by Gasteiger charge is 2.04. The molecule has 0 unspecified atom stereocenters. The van der Waals surface area contributed by atoms with Crippen molar-refractivity contribution >= 4 is 27.1 Å². The molecule has 0 fully saturated rings. The van der Waals surface area contributed by atoms with Crippen LogP contribution < -0.4 is 11.1 Å². The molecule has 0 bridgehead atoms. The molecule has 1 heterocycles. The molecule has 0 atom stereocenters. The van der Waals surface area contributed by atoms with Crippen molar-refractivity contribution in [1.29, 1.82) is 0 Å². The maximum absolute atomic E-state index is 5.91. The Morgan fingerprint density at radius 2 is 2.20 bits per heavy atom. The fourth-order valence-corrected chi connectivity index (χ4v) is 2.58. The molecule has 15 heavy (non-hydrogen) atoms. The van der Waals surface area contributed by atoms with Crippen molar-refractivity contribution in [3.63, 3.8) is 0 Å². The Morgan fingerprint density at radius 3 is 2.87 bits per heavy atom. The largest absolute Gasteiger partial charge is 0.398 e. The van der Waals surface area contributed by atoms with Gasteiger partial charge in [0.1, 0.15) is 0 Å². The van der Waals surface area contributed by atoms with E-state index in [4.69, 9.17) is 5.73 Å². The number of fused-ring (bicyclic) bond motifs is 1. The van der Waals surface area contributed by atoms with Gasteiger partial charge >= 0.3 is 0 Å². The Bertz CT molecular complexity index is 460. The number of thiophene rings is 1. The lowest BCUT2D eigenvalue weighted by molar-refractivity contribution is 0.593. The first kappa shape index (κ1) is 10.5. The first-order chi connectivity index (χ1) is 7.16. The van der Waals surface area contributed by atoms with E-state index in [0.717, 1.165) is 12.2 Å². The number of hydrogen-bond donors (Lipinski definition) is 2. The van der Waals surface area contributed by atoms with Gasteiger partial charge < -0.3 is 11.1 Å². The van der Waals surface area contributed by atoms with E-state index in [2.05, 4.69) is 31.3 Å². The minimum atomic E-state index is 0.521. The van der Waals surface area contributed by atoms with Gasteiger partial charge in [-0.1, -0.05) is 19.9 Å². The fourth-order valence-electron chi connectivity index (χ4n) is 1.53. The molecule has 0 spiro atoms. The van der Waals surface area contributed by atoms with E-state index < -0.39 is 0 Å². The second kappa shape index (κ2) is 4.21. The average Bonchev–Trinajstić information content (AvgIpc) is 2.59. The molecule has 2 aromatic rings. The van der Waals surface area contributed by atoms with Crippen LogP contribution in [0.15, 0.2) is 24.3 Å². The van der Waals surface area contributed by atoms with Crippen LogP contribution >= 0.6 is 11.3 Å². The molecule has 0 aliphatic heterocycles. The molecule has 1 aromatic carbocycles. The van der Waals surface area contributed by atoms with Gasteiger partial charge in [0.15, 0.2) is 0 Å². The van der Waals surface area contributed by atoms with E-state index in [9.17, 15) is 0 Å². The summed E-state index contributed by atoms with van der Waals surface area (Å²) in [5, 5.41) is 4.60. The molecule has 0 saturated carbocycles. The quantitative estimate of drug-likeness (QED) is 0.780. The molecule has 1 aromatic heterocycles. The maximum atomic E-state index is 5.91. The summed E-state index contributed by atoms with van der Waals surface area (Å²) in [7, 11) is 0. The number of rotatable bonds is 3. The second-order valence-electron chi connectivity index (χ2n) is 4.01. The summed E-state index contributed by atoms with van der Waals surface area (Å²) < 4.78 is 1.27.